The Morgan fingerprint density at radius 3 is 2.35 bits per heavy atom. The molecule has 0 fully saturated rings. The van der Waals surface area contributed by atoms with E-state index in [1.54, 1.807) is 6.92 Å². The van der Waals surface area contributed by atoms with Crippen LogP contribution in [0.5, 0.6) is 0 Å². The second-order valence-electron chi connectivity index (χ2n) is 3.89. The number of hydrogen-bond donors (Lipinski definition) is 1. The van der Waals surface area contributed by atoms with E-state index in [2.05, 4.69) is 4.72 Å². The molecule has 1 unspecified atom stereocenters. The number of alkyl halides is 4. The van der Waals surface area contributed by atoms with Crippen molar-refractivity contribution < 1.29 is 21.6 Å². The maximum absolute atomic E-state index is 11.8. The van der Waals surface area contributed by atoms with E-state index in [4.69, 9.17) is 11.6 Å². The Morgan fingerprint density at radius 1 is 1.29 bits per heavy atom. The molecule has 0 bridgehead atoms. The molecule has 0 saturated heterocycles. The second kappa shape index (κ2) is 7.43. The maximum Gasteiger partial charge on any atom is 0.389 e. The highest BCUT2D eigenvalue weighted by molar-refractivity contribution is 7.89. The lowest BCUT2D eigenvalue weighted by molar-refractivity contribution is -0.134. The molecule has 0 rings (SSSR count). The summed E-state index contributed by atoms with van der Waals surface area (Å²) >= 11 is 5.45. The smallest absolute Gasteiger partial charge is 0.212 e. The van der Waals surface area contributed by atoms with E-state index in [1.165, 1.54) is 0 Å². The van der Waals surface area contributed by atoms with Crippen molar-refractivity contribution in [2.45, 2.75) is 44.8 Å². The molecule has 0 spiro atoms. The number of nitrogens with one attached hydrogen (secondary N) is 1. The standard InChI is InChI=1S/C9H17ClF3NO2S/c1-8(4-2-6-10)14-17(15,16)7-3-5-9(11,12)13/h8,14H,2-7H2,1H3. The first-order valence-electron chi connectivity index (χ1n) is 5.29. The summed E-state index contributed by atoms with van der Waals surface area (Å²) in [6.07, 6.45) is -4.57. The third-order valence-electron chi connectivity index (χ3n) is 2.02. The van der Waals surface area contributed by atoms with Gasteiger partial charge in [0.15, 0.2) is 0 Å². The molecule has 0 aromatic carbocycles. The molecule has 104 valence electrons. The molecule has 1 atom stereocenters. The van der Waals surface area contributed by atoms with Gasteiger partial charge in [0.05, 0.1) is 5.75 Å². The molecule has 0 aromatic heterocycles. The molecule has 0 aromatic rings. The minimum Gasteiger partial charge on any atom is -0.212 e. The molecule has 3 nitrogen and oxygen atoms in total. The van der Waals surface area contributed by atoms with Crippen LogP contribution in [-0.2, 0) is 10.0 Å². The van der Waals surface area contributed by atoms with Crippen LogP contribution in [-0.4, -0.2) is 32.3 Å². The van der Waals surface area contributed by atoms with Gasteiger partial charge in [0.2, 0.25) is 10.0 Å². The molecule has 0 aliphatic carbocycles. The highest BCUT2D eigenvalue weighted by Crippen LogP contribution is 2.21. The topological polar surface area (TPSA) is 46.2 Å². The molecule has 0 radical (unpaired) electrons. The summed E-state index contributed by atoms with van der Waals surface area (Å²) in [4.78, 5) is 0. The summed E-state index contributed by atoms with van der Waals surface area (Å²) in [5.74, 6) is -0.0716. The van der Waals surface area contributed by atoms with Gasteiger partial charge in [0.1, 0.15) is 0 Å². The van der Waals surface area contributed by atoms with Crippen molar-refractivity contribution in [1.82, 2.24) is 4.72 Å². The molecular weight excluding hydrogens is 279 g/mol. The van der Waals surface area contributed by atoms with Gasteiger partial charge in [-0.2, -0.15) is 13.2 Å². The van der Waals surface area contributed by atoms with E-state index >= 15 is 0 Å². The quantitative estimate of drug-likeness (QED) is 0.700. The van der Waals surface area contributed by atoms with Gasteiger partial charge >= 0.3 is 6.18 Å². The first-order valence-corrected chi connectivity index (χ1v) is 7.47. The van der Waals surface area contributed by atoms with Gasteiger partial charge in [-0.05, 0) is 26.2 Å². The van der Waals surface area contributed by atoms with Crippen LogP contribution in [0.3, 0.4) is 0 Å². The molecule has 0 aliphatic heterocycles. The zero-order chi connectivity index (χ0) is 13.5. The predicted molar refractivity (Wildman–Crippen MR) is 61.6 cm³/mol. The average molecular weight is 296 g/mol. The Bertz CT molecular complexity index is 306. The van der Waals surface area contributed by atoms with Crippen LogP contribution in [0.1, 0.15) is 32.6 Å². The van der Waals surface area contributed by atoms with Crippen molar-refractivity contribution in [3.63, 3.8) is 0 Å². The largest absolute Gasteiger partial charge is 0.389 e. The van der Waals surface area contributed by atoms with Gasteiger partial charge in [-0.25, -0.2) is 13.1 Å². The van der Waals surface area contributed by atoms with Crippen LogP contribution < -0.4 is 4.72 Å². The number of halogens is 4. The van der Waals surface area contributed by atoms with Crippen molar-refractivity contribution in [2.24, 2.45) is 0 Å². The van der Waals surface area contributed by atoms with Crippen LogP contribution in [0, 0.1) is 0 Å². The Balaban J connectivity index is 3.96. The van der Waals surface area contributed by atoms with E-state index in [9.17, 15) is 21.6 Å². The van der Waals surface area contributed by atoms with E-state index in [1.807, 2.05) is 0 Å². The van der Waals surface area contributed by atoms with Crippen LogP contribution >= 0.6 is 11.6 Å². The van der Waals surface area contributed by atoms with E-state index < -0.39 is 34.8 Å². The summed E-state index contributed by atoms with van der Waals surface area (Å²) in [6.45, 7) is 1.66. The molecule has 0 saturated carbocycles. The predicted octanol–water partition coefficient (Wildman–Crippen LogP) is 2.66. The first kappa shape index (κ1) is 17.0. The van der Waals surface area contributed by atoms with Crippen molar-refractivity contribution in [2.75, 3.05) is 11.6 Å². The molecule has 0 heterocycles. The summed E-state index contributed by atoms with van der Waals surface area (Å²) < 4.78 is 60.6. The first-order chi connectivity index (χ1) is 7.66. The monoisotopic (exact) mass is 295 g/mol. The Hall–Kier alpha value is -0.0100. The summed E-state index contributed by atoms with van der Waals surface area (Å²) in [5, 5.41) is 0. The molecule has 0 aliphatic rings. The van der Waals surface area contributed by atoms with Gasteiger partial charge in [0, 0.05) is 18.3 Å². The minimum atomic E-state index is -4.31. The third-order valence-corrected chi connectivity index (χ3v) is 3.88. The second-order valence-corrected chi connectivity index (χ2v) is 6.14. The normalized spacial score (nSPS) is 14.9. The highest BCUT2D eigenvalue weighted by atomic mass is 35.5. The third kappa shape index (κ3) is 10.8. The minimum absolute atomic E-state index is 0.301. The van der Waals surface area contributed by atoms with Gasteiger partial charge in [0.25, 0.3) is 0 Å². The number of rotatable bonds is 8. The van der Waals surface area contributed by atoms with Gasteiger partial charge < -0.3 is 0 Å². The van der Waals surface area contributed by atoms with Crippen LogP contribution in [0.25, 0.3) is 0 Å². The van der Waals surface area contributed by atoms with Crippen molar-refractivity contribution in [3.8, 4) is 0 Å². The SMILES string of the molecule is CC(CCCCl)NS(=O)(=O)CCCC(F)(F)F. The van der Waals surface area contributed by atoms with Crippen LogP contribution in [0.4, 0.5) is 13.2 Å². The fraction of sp³-hybridized carbons (Fsp3) is 1.00. The fourth-order valence-electron chi connectivity index (χ4n) is 1.27. The highest BCUT2D eigenvalue weighted by Gasteiger charge is 2.27. The fourth-order valence-corrected chi connectivity index (χ4v) is 2.80. The molecule has 1 N–H and O–H groups in total. The van der Waals surface area contributed by atoms with Crippen molar-refractivity contribution in [1.29, 1.82) is 0 Å². The van der Waals surface area contributed by atoms with Gasteiger partial charge in [-0.1, -0.05) is 0 Å². The van der Waals surface area contributed by atoms with Crippen molar-refractivity contribution in [3.05, 3.63) is 0 Å². The lowest BCUT2D eigenvalue weighted by atomic mass is 10.2. The Labute approximate surface area is 105 Å². The van der Waals surface area contributed by atoms with E-state index in [0.29, 0.717) is 18.7 Å². The summed E-state index contributed by atoms with van der Waals surface area (Å²) in [6, 6.07) is -0.301. The van der Waals surface area contributed by atoms with E-state index in [-0.39, 0.29) is 6.04 Å². The number of sulfonamides is 1. The van der Waals surface area contributed by atoms with Gasteiger partial charge in [-0.15, -0.1) is 11.6 Å². The average Bonchev–Trinajstić information content (AvgIpc) is 2.11. The molecule has 0 amide bonds. The summed E-state index contributed by atoms with van der Waals surface area (Å²) in [7, 11) is -3.63. The maximum atomic E-state index is 11.8. The molecular formula is C9H17ClF3NO2S. The molecule has 8 heteroatoms. The summed E-state index contributed by atoms with van der Waals surface area (Å²) in [5.41, 5.74) is 0. The molecule has 17 heavy (non-hydrogen) atoms. The number of hydrogen-bond acceptors (Lipinski definition) is 2. The van der Waals surface area contributed by atoms with Crippen LogP contribution in [0.15, 0.2) is 0 Å². The zero-order valence-corrected chi connectivity index (χ0v) is 11.1. The van der Waals surface area contributed by atoms with Crippen molar-refractivity contribution >= 4 is 21.6 Å². The lowest BCUT2D eigenvalue weighted by Gasteiger charge is -2.13. The lowest BCUT2D eigenvalue weighted by Crippen LogP contribution is -2.34. The Kier molecular flexibility index (Phi) is 7.43. The van der Waals surface area contributed by atoms with Crippen LogP contribution in [0.2, 0.25) is 0 Å². The van der Waals surface area contributed by atoms with Gasteiger partial charge in [-0.3, -0.25) is 0 Å². The Morgan fingerprint density at radius 2 is 1.88 bits per heavy atom. The zero-order valence-electron chi connectivity index (χ0n) is 9.56. The van der Waals surface area contributed by atoms with E-state index in [0.717, 1.165) is 0 Å².